The molecule has 1 atom stereocenters. The van der Waals surface area contributed by atoms with Crippen LogP contribution in [0.4, 0.5) is 0 Å². The predicted molar refractivity (Wildman–Crippen MR) is 75.8 cm³/mol. The number of likely N-dealkylation sites (N-methyl/N-ethyl adjacent to an activating group) is 1. The Morgan fingerprint density at radius 1 is 1.17 bits per heavy atom. The highest BCUT2D eigenvalue weighted by Gasteiger charge is 2.35. The van der Waals surface area contributed by atoms with Crippen LogP contribution in [0.1, 0.15) is 46.0 Å². The van der Waals surface area contributed by atoms with E-state index in [1.165, 1.54) is 58.3 Å². The third-order valence-corrected chi connectivity index (χ3v) is 5.06. The molecule has 3 nitrogen and oxygen atoms in total. The SMILES string of the molecule is CCN1CCN(CC2(CO)CCCCC2)CC1C. The van der Waals surface area contributed by atoms with E-state index in [1.54, 1.807) is 0 Å². The van der Waals surface area contributed by atoms with Gasteiger partial charge in [0.1, 0.15) is 0 Å². The first-order valence-corrected chi connectivity index (χ1v) is 7.76. The van der Waals surface area contributed by atoms with E-state index < -0.39 is 0 Å². The lowest BCUT2D eigenvalue weighted by Crippen LogP contribution is -2.54. The van der Waals surface area contributed by atoms with Gasteiger partial charge in [-0.15, -0.1) is 0 Å². The van der Waals surface area contributed by atoms with Gasteiger partial charge in [0.25, 0.3) is 0 Å². The molecule has 2 aliphatic rings. The maximum Gasteiger partial charge on any atom is 0.0499 e. The molecule has 0 bridgehead atoms. The van der Waals surface area contributed by atoms with Crippen LogP contribution in [-0.2, 0) is 0 Å². The van der Waals surface area contributed by atoms with Crippen LogP contribution >= 0.6 is 0 Å². The number of aliphatic hydroxyl groups is 1. The normalized spacial score (nSPS) is 30.5. The Bertz CT molecular complexity index is 251. The number of hydrogen-bond acceptors (Lipinski definition) is 3. The topological polar surface area (TPSA) is 26.7 Å². The molecule has 3 heteroatoms. The van der Waals surface area contributed by atoms with Gasteiger partial charge < -0.3 is 5.11 Å². The van der Waals surface area contributed by atoms with Crippen molar-refractivity contribution < 1.29 is 5.11 Å². The molecular formula is C15H30N2O. The molecule has 1 aliphatic heterocycles. The van der Waals surface area contributed by atoms with Crippen LogP contribution in [0.2, 0.25) is 0 Å². The van der Waals surface area contributed by atoms with E-state index >= 15 is 0 Å². The zero-order chi connectivity index (χ0) is 13.0. The summed E-state index contributed by atoms with van der Waals surface area (Å²) in [6.07, 6.45) is 6.44. The second-order valence-electron chi connectivity index (χ2n) is 6.43. The predicted octanol–water partition coefficient (Wildman–Crippen LogP) is 1.96. The molecule has 0 aromatic carbocycles. The van der Waals surface area contributed by atoms with E-state index in [2.05, 4.69) is 23.6 Å². The smallest absolute Gasteiger partial charge is 0.0499 e. The molecule has 1 saturated carbocycles. The fourth-order valence-electron chi connectivity index (χ4n) is 3.83. The van der Waals surface area contributed by atoms with Crippen molar-refractivity contribution in [1.29, 1.82) is 0 Å². The van der Waals surface area contributed by atoms with E-state index in [-0.39, 0.29) is 5.41 Å². The lowest BCUT2D eigenvalue weighted by molar-refractivity contribution is 0.00847. The first-order valence-electron chi connectivity index (χ1n) is 7.76. The van der Waals surface area contributed by atoms with Gasteiger partial charge in [-0.2, -0.15) is 0 Å². The average Bonchev–Trinajstić information content (AvgIpc) is 2.40. The number of piperazine rings is 1. The average molecular weight is 254 g/mol. The van der Waals surface area contributed by atoms with Gasteiger partial charge in [-0.05, 0) is 26.3 Å². The van der Waals surface area contributed by atoms with Crippen LogP contribution < -0.4 is 0 Å². The summed E-state index contributed by atoms with van der Waals surface area (Å²) in [5.41, 5.74) is 0.215. The standard InChI is InChI=1S/C15H30N2O/c1-3-17-10-9-16(11-14(17)2)12-15(13-18)7-5-4-6-8-15/h14,18H,3-13H2,1-2H3. The summed E-state index contributed by atoms with van der Waals surface area (Å²) in [6.45, 7) is 10.8. The maximum absolute atomic E-state index is 9.80. The summed E-state index contributed by atoms with van der Waals surface area (Å²) in [6, 6.07) is 0.670. The Morgan fingerprint density at radius 3 is 2.44 bits per heavy atom. The van der Waals surface area contributed by atoms with Crippen LogP contribution in [0.3, 0.4) is 0 Å². The van der Waals surface area contributed by atoms with Crippen molar-refractivity contribution in [3.8, 4) is 0 Å². The Labute approximate surface area is 112 Å². The van der Waals surface area contributed by atoms with E-state index in [4.69, 9.17) is 0 Å². The van der Waals surface area contributed by atoms with Crippen LogP contribution in [0.5, 0.6) is 0 Å². The zero-order valence-corrected chi connectivity index (χ0v) is 12.2. The van der Waals surface area contributed by atoms with Crippen LogP contribution in [0.15, 0.2) is 0 Å². The van der Waals surface area contributed by atoms with Gasteiger partial charge in [0.05, 0.1) is 0 Å². The Balaban J connectivity index is 1.88. The highest BCUT2D eigenvalue weighted by molar-refractivity contribution is 4.88. The summed E-state index contributed by atoms with van der Waals surface area (Å²) in [5, 5.41) is 9.80. The number of rotatable bonds is 4. The lowest BCUT2D eigenvalue weighted by atomic mass is 9.74. The highest BCUT2D eigenvalue weighted by atomic mass is 16.3. The Hall–Kier alpha value is -0.120. The molecular weight excluding hydrogens is 224 g/mol. The molecule has 1 unspecified atom stereocenters. The van der Waals surface area contributed by atoms with Gasteiger partial charge in [-0.3, -0.25) is 9.80 Å². The van der Waals surface area contributed by atoms with E-state index in [1.807, 2.05) is 0 Å². The van der Waals surface area contributed by atoms with Gasteiger partial charge in [0.2, 0.25) is 0 Å². The van der Waals surface area contributed by atoms with Crippen molar-refractivity contribution in [2.75, 3.05) is 39.3 Å². The number of hydrogen-bond donors (Lipinski definition) is 1. The summed E-state index contributed by atoms with van der Waals surface area (Å²) in [4.78, 5) is 5.15. The quantitative estimate of drug-likeness (QED) is 0.831. The summed E-state index contributed by atoms with van der Waals surface area (Å²) >= 11 is 0. The fraction of sp³-hybridized carbons (Fsp3) is 1.00. The molecule has 0 spiro atoms. The summed E-state index contributed by atoms with van der Waals surface area (Å²) in [5.74, 6) is 0. The molecule has 0 amide bonds. The third kappa shape index (κ3) is 3.25. The fourth-order valence-corrected chi connectivity index (χ4v) is 3.83. The summed E-state index contributed by atoms with van der Waals surface area (Å²) < 4.78 is 0. The van der Waals surface area contributed by atoms with Crippen molar-refractivity contribution >= 4 is 0 Å². The van der Waals surface area contributed by atoms with Crippen LogP contribution in [0, 0.1) is 5.41 Å². The minimum atomic E-state index is 0.215. The highest BCUT2D eigenvalue weighted by Crippen LogP contribution is 2.36. The molecule has 18 heavy (non-hydrogen) atoms. The van der Waals surface area contributed by atoms with Gasteiger partial charge >= 0.3 is 0 Å². The summed E-state index contributed by atoms with van der Waals surface area (Å²) in [7, 11) is 0. The molecule has 2 rings (SSSR count). The lowest BCUT2D eigenvalue weighted by Gasteiger charge is -2.45. The van der Waals surface area contributed by atoms with E-state index in [9.17, 15) is 5.11 Å². The molecule has 106 valence electrons. The van der Waals surface area contributed by atoms with Crippen molar-refractivity contribution in [2.24, 2.45) is 5.41 Å². The molecule has 1 heterocycles. The largest absolute Gasteiger partial charge is 0.396 e. The van der Waals surface area contributed by atoms with E-state index in [0.717, 1.165) is 6.54 Å². The molecule has 0 radical (unpaired) electrons. The van der Waals surface area contributed by atoms with Gasteiger partial charge in [-0.25, -0.2) is 0 Å². The number of aliphatic hydroxyl groups excluding tert-OH is 1. The second-order valence-corrected chi connectivity index (χ2v) is 6.43. The van der Waals surface area contributed by atoms with Crippen LogP contribution in [0.25, 0.3) is 0 Å². The second kappa shape index (κ2) is 6.36. The van der Waals surface area contributed by atoms with Crippen molar-refractivity contribution in [3.05, 3.63) is 0 Å². The molecule has 1 aliphatic carbocycles. The molecule has 1 saturated heterocycles. The van der Waals surface area contributed by atoms with Gasteiger partial charge in [0.15, 0.2) is 0 Å². The monoisotopic (exact) mass is 254 g/mol. The molecule has 2 fully saturated rings. The first-order chi connectivity index (χ1) is 8.69. The van der Waals surface area contributed by atoms with Crippen molar-refractivity contribution in [2.45, 2.75) is 52.0 Å². The molecule has 0 aromatic rings. The number of nitrogens with zero attached hydrogens (tertiary/aromatic N) is 2. The van der Waals surface area contributed by atoms with Crippen molar-refractivity contribution in [1.82, 2.24) is 9.80 Å². The molecule has 1 N–H and O–H groups in total. The van der Waals surface area contributed by atoms with E-state index in [0.29, 0.717) is 12.6 Å². The maximum atomic E-state index is 9.80. The molecule has 0 aromatic heterocycles. The van der Waals surface area contributed by atoms with Crippen LogP contribution in [-0.4, -0.2) is 60.3 Å². The Morgan fingerprint density at radius 2 is 1.89 bits per heavy atom. The van der Waals surface area contributed by atoms with Gasteiger partial charge in [0, 0.05) is 44.2 Å². The minimum absolute atomic E-state index is 0.215. The first kappa shape index (κ1) is 14.3. The third-order valence-electron chi connectivity index (χ3n) is 5.06. The van der Waals surface area contributed by atoms with Crippen molar-refractivity contribution in [3.63, 3.8) is 0 Å². The minimum Gasteiger partial charge on any atom is -0.396 e. The Kier molecular flexibility index (Phi) is 5.05. The van der Waals surface area contributed by atoms with Gasteiger partial charge in [-0.1, -0.05) is 26.2 Å². The zero-order valence-electron chi connectivity index (χ0n) is 12.2.